The maximum Gasteiger partial charge on any atom is 0.237 e. The predicted octanol–water partition coefficient (Wildman–Crippen LogP) is 2.25. The fourth-order valence-electron chi connectivity index (χ4n) is 2.83. The largest absolute Gasteiger partial charge is 0.348 e. The van der Waals surface area contributed by atoms with Crippen molar-refractivity contribution < 1.29 is 9.18 Å². The van der Waals surface area contributed by atoms with Crippen LogP contribution in [0.5, 0.6) is 0 Å². The third-order valence-corrected chi connectivity index (χ3v) is 4.17. The normalized spacial score (nSPS) is 18.8. The standard InChI is InChI=1S/C17H21FN4O/c1-11-9-20-22(10-11)16-6-5-13(8-14(16)18)12(2)21-17(23)15-4-3-7-19-15/h5-6,8-10,12,15,19H,3-4,7H2,1-2H3,(H,21,23)/t12-,15-/m1/s1. The van der Waals surface area contributed by atoms with E-state index < -0.39 is 0 Å². The number of carbonyl (C=O) groups excluding carboxylic acids is 1. The van der Waals surface area contributed by atoms with Gasteiger partial charge in [0.1, 0.15) is 11.5 Å². The summed E-state index contributed by atoms with van der Waals surface area (Å²) in [5, 5.41) is 10.2. The first-order valence-electron chi connectivity index (χ1n) is 7.89. The predicted molar refractivity (Wildman–Crippen MR) is 85.8 cm³/mol. The average molecular weight is 316 g/mol. The van der Waals surface area contributed by atoms with Crippen LogP contribution < -0.4 is 10.6 Å². The lowest BCUT2D eigenvalue weighted by Gasteiger charge is -2.18. The molecule has 1 aliphatic rings. The van der Waals surface area contributed by atoms with E-state index in [0.29, 0.717) is 5.69 Å². The van der Waals surface area contributed by atoms with Gasteiger partial charge in [-0.15, -0.1) is 0 Å². The molecule has 0 saturated carbocycles. The molecule has 2 aromatic rings. The lowest BCUT2D eigenvalue weighted by molar-refractivity contribution is -0.123. The van der Waals surface area contributed by atoms with Gasteiger partial charge in [0, 0.05) is 6.20 Å². The van der Waals surface area contributed by atoms with E-state index >= 15 is 0 Å². The maximum atomic E-state index is 14.4. The maximum absolute atomic E-state index is 14.4. The molecule has 3 rings (SSSR count). The van der Waals surface area contributed by atoms with E-state index in [1.54, 1.807) is 18.5 Å². The number of carbonyl (C=O) groups is 1. The van der Waals surface area contributed by atoms with Crippen LogP contribution in [-0.4, -0.2) is 28.3 Å². The van der Waals surface area contributed by atoms with E-state index in [9.17, 15) is 9.18 Å². The van der Waals surface area contributed by atoms with Crippen LogP contribution in [0.15, 0.2) is 30.6 Å². The molecule has 0 aliphatic carbocycles. The number of aromatic nitrogens is 2. The van der Waals surface area contributed by atoms with Gasteiger partial charge in [0.15, 0.2) is 0 Å². The molecule has 1 fully saturated rings. The Hall–Kier alpha value is -2.21. The fourth-order valence-corrected chi connectivity index (χ4v) is 2.83. The fraction of sp³-hybridized carbons (Fsp3) is 0.412. The second-order valence-electron chi connectivity index (χ2n) is 6.05. The molecule has 1 aliphatic heterocycles. The third kappa shape index (κ3) is 3.42. The third-order valence-electron chi connectivity index (χ3n) is 4.17. The zero-order valence-electron chi connectivity index (χ0n) is 13.3. The molecule has 122 valence electrons. The number of amides is 1. The summed E-state index contributed by atoms with van der Waals surface area (Å²) in [5.74, 6) is -0.382. The Morgan fingerprint density at radius 1 is 1.52 bits per heavy atom. The van der Waals surface area contributed by atoms with Gasteiger partial charge in [-0.3, -0.25) is 4.79 Å². The van der Waals surface area contributed by atoms with Crippen molar-refractivity contribution in [1.29, 1.82) is 0 Å². The van der Waals surface area contributed by atoms with Gasteiger partial charge in [-0.1, -0.05) is 6.07 Å². The van der Waals surface area contributed by atoms with Crippen molar-refractivity contribution in [3.63, 3.8) is 0 Å². The monoisotopic (exact) mass is 316 g/mol. The van der Waals surface area contributed by atoms with Gasteiger partial charge in [-0.25, -0.2) is 9.07 Å². The van der Waals surface area contributed by atoms with E-state index in [2.05, 4.69) is 15.7 Å². The highest BCUT2D eigenvalue weighted by Gasteiger charge is 2.23. The summed E-state index contributed by atoms with van der Waals surface area (Å²) in [4.78, 5) is 12.1. The summed E-state index contributed by atoms with van der Waals surface area (Å²) < 4.78 is 15.9. The highest BCUT2D eigenvalue weighted by atomic mass is 19.1. The first-order valence-corrected chi connectivity index (χ1v) is 7.89. The van der Waals surface area contributed by atoms with Crippen molar-refractivity contribution in [2.45, 2.75) is 38.8 Å². The van der Waals surface area contributed by atoms with Crippen LogP contribution in [0.4, 0.5) is 4.39 Å². The van der Waals surface area contributed by atoms with E-state index in [0.717, 1.165) is 30.5 Å². The molecule has 1 amide bonds. The molecule has 2 N–H and O–H groups in total. The van der Waals surface area contributed by atoms with E-state index in [-0.39, 0.29) is 23.8 Å². The molecular formula is C17H21FN4O. The number of nitrogens with one attached hydrogen (secondary N) is 2. The lowest BCUT2D eigenvalue weighted by Crippen LogP contribution is -2.41. The molecule has 2 heterocycles. The van der Waals surface area contributed by atoms with Gasteiger partial charge in [-0.05, 0) is 56.5 Å². The van der Waals surface area contributed by atoms with Crippen LogP contribution in [0.1, 0.15) is 36.9 Å². The minimum atomic E-state index is -0.356. The van der Waals surface area contributed by atoms with Gasteiger partial charge in [0.2, 0.25) is 5.91 Å². The van der Waals surface area contributed by atoms with Crippen LogP contribution in [0.3, 0.4) is 0 Å². The zero-order chi connectivity index (χ0) is 16.4. The van der Waals surface area contributed by atoms with Crippen LogP contribution in [-0.2, 0) is 4.79 Å². The van der Waals surface area contributed by atoms with Crippen molar-refractivity contribution in [2.75, 3.05) is 6.54 Å². The smallest absolute Gasteiger partial charge is 0.237 e. The molecule has 0 radical (unpaired) electrons. The van der Waals surface area contributed by atoms with Crippen molar-refractivity contribution in [3.8, 4) is 5.69 Å². The summed E-state index contributed by atoms with van der Waals surface area (Å²) in [7, 11) is 0. The van der Waals surface area contributed by atoms with E-state index in [1.807, 2.05) is 19.9 Å². The first kappa shape index (κ1) is 15.7. The molecule has 23 heavy (non-hydrogen) atoms. The minimum absolute atomic E-state index is 0.0258. The summed E-state index contributed by atoms with van der Waals surface area (Å²) in [6, 6.07) is 4.59. The number of nitrogens with zero attached hydrogens (tertiary/aromatic N) is 2. The van der Waals surface area contributed by atoms with Crippen molar-refractivity contribution in [2.24, 2.45) is 0 Å². The SMILES string of the molecule is Cc1cnn(-c2ccc([C@@H](C)NC(=O)[C@H]3CCCN3)cc2F)c1. The summed E-state index contributed by atoms with van der Waals surface area (Å²) in [6.45, 7) is 4.64. The number of hydrogen-bond acceptors (Lipinski definition) is 3. The first-order chi connectivity index (χ1) is 11.0. The molecule has 1 aromatic carbocycles. The van der Waals surface area contributed by atoms with Crippen molar-refractivity contribution in [1.82, 2.24) is 20.4 Å². The van der Waals surface area contributed by atoms with Crippen molar-refractivity contribution >= 4 is 5.91 Å². The molecule has 0 unspecified atom stereocenters. The Morgan fingerprint density at radius 2 is 2.35 bits per heavy atom. The topological polar surface area (TPSA) is 59.0 Å². The van der Waals surface area contributed by atoms with Crippen LogP contribution in [0, 0.1) is 12.7 Å². The van der Waals surface area contributed by atoms with Crippen LogP contribution in [0.2, 0.25) is 0 Å². The molecule has 0 spiro atoms. The van der Waals surface area contributed by atoms with Crippen molar-refractivity contribution in [3.05, 3.63) is 47.5 Å². The Kier molecular flexibility index (Phi) is 4.43. The molecule has 2 atom stereocenters. The molecular weight excluding hydrogens is 295 g/mol. The number of halogens is 1. The molecule has 0 bridgehead atoms. The second kappa shape index (κ2) is 6.50. The second-order valence-corrected chi connectivity index (χ2v) is 6.05. The summed E-state index contributed by atoms with van der Waals surface area (Å²) in [5.41, 5.74) is 2.11. The number of rotatable bonds is 4. The van der Waals surface area contributed by atoms with Crippen LogP contribution in [0.25, 0.3) is 5.69 Å². The van der Waals surface area contributed by atoms with Gasteiger partial charge in [0.05, 0.1) is 18.3 Å². The molecule has 6 heteroatoms. The highest BCUT2D eigenvalue weighted by molar-refractivity contribution is 5.82. The van der Waals surface area contributed by atoms with Crippen LogP contribution >= 0.6 is 0 Å². The summed E-state index contributed by atoms with van der Waals surface area (Å²) >= 11 is 0. The highest BCUT2D eigenvalue weighted by Crippen LogP contribution is 2.20. The minimum Gasteiger partial charge on any atom is -0.348 e. The van der Waals surface area contributed by atoms with Gasteiger partial charge in [0.25, 0.3) is 0 Å². The van der Waals surface area contributed by atoms with Gasteiger partial charge in [-0.2, -0.15) is 5.10 Å². The van der Waals surface area contributed by atoms with E-state index in [1.165, 1.54) is 10.7 Å². The molecule has 1 saturated heterocycles. The molecule has 1 aromatic heterocycles. The Balaban J connectivity index is 1.72. The quantitative estimate of drug-likeness (QED) is 0.909. The van der Waals surface area contributed by atoms with E-state index in [4.69, 9.17) is 0 Å². The lowest BCUT2D eigenvalue weighted by atomic mass is 10.1. The van der Waals surface area contributed by atoms with Gasteiger partial charge < -0.3 is 10.6 Å². The average Bonchev–Trinajstić information content (AvgIpc) is 3.18. The number of aryl methyl sites for hydroxylation is 1. The summed E-state index contributed by atoms with van der Waals surface area (Å²) in [6.07, 6.45) is 5.32. The molecule has 5 nitrogen and oxygen atoms in total. The number of hydrogen-bond donors (Lipinski definition) is 2. The van der Waals surface area contributed by atoms with Gasteiger partial charge >= 0.3 is 0 Å². The number of benzene rings is 1. The zero-order valence-corrected chi connectivity index (χ0v) is 13.3. The Labute approximate surface area is 134 Å². The Morgan fingerprint density at radius 3 is 2.96 bits per heavy atom. The Bertz CT molecular complexity index is 706.